The average Bonchev–Trinajstić information content (AvgIpc) is 2.46. The Kier molecular flexibility index (Phi) is 4.32. The molecular weight excluding hydrogens is 278 g/mol. The molecule has 0 radical (unpaired) electrons. The van der Waals surface area contributed by atoms with E-state index in [0.717, 1.165) is 11.3 Å². The van der Waals surface area contributed by atoms with E-state index in [-0.39, 0.29) is 5.69 Å². The van der Waals surface area contributed by atoms with Gasteiger partial charge in [-0.1, -0.05) is 23.7 Å². The van der Waals surface area contributed by atoms with Gasteiger partial charge in [0.25, 0.3) is 5.69 Å². The van der Waals surface area contributed by atoms with Gasteiger partial charge in [0.15, 0.2) is 0 Å². The molecule has 6 heteroatoms. The van der Waals surface area contributed by atoms with Crippen LogP contribution in [0.4, 0.5) is 11.4 Å². The molecule has 0 spiro atoms. The Bertz CT molecular complexity index is 636. The summed E-state index contributed by atoms with van der Waals surface area (Å²) in [5, 5.41) is 15.4. The number of anilines is 1. The number of nitro benzene ring substituents is 1. The minimum absolute atomic E-state index is 0.0500. The zero-order valence-electron chi connectivity index (χ0n) is 10.7. The second-order valence-electron chi connectivity index (χ2n) is 4.12. The van der Waals surface area contributed by atoms with Gasteiger partial charge in [-0.2, -0.15) is 5.10 Å². The molecule has 0 unspecified atom stereocenters. The maximum Gasteiger partial charge on any atom is 0.269 e. The molecule has 2 rings (SSSR count). The summed E-state index contributed by atoms with van der Waals surface area (Å²) in [7, 11) is 0. The van der Waals surface area contributed by atoms with Crippen LogP contribution in [-0.2, 0) is 0 Å². The van der Waals surface area contributed by atoms with Crippen LogP contribution in [0.3, 0.4) is 0 Å². The third-order valence-corrected chi connectivity index (χ3v) is 2.94. The average molecular weight is 290 g/mol. The van der Waals surface area contributed by atoms with Crippen LogP contribution in [0.15, 0.2) is 53.6 Å². The molecule has 2 aromatic rings. The van der Waals surface area contributed by atoms with Gasteiger partial charge in [0, 0.05) is 17.2 Å². The van der Waals surface area contributed by atoms with Gasteiger partial charge in [-0.05, 0) is 36.8 Å². The highest BCUT2D eigenvalue weighted by Crippen LogP contribution is 2.16. The molecule has 0 saturated heterocycles. The largest absolute Gasteiger partial charge is 0.278 e. The molecule has 102 valence electrons. The van der Waals surface area contributed by atoms with Gasteiger partial charge < -0.3 is 0 Å². The molecule has 0 bridgehead atoms. The highest BCUT2D eigenvalue weighted by molar-refractivity contribution is 6.30. The van der Waals surface area contributed by atoms with Crippen LogP contribution in [0.2, 0.25) is 5.02 Å². The lowest BCUT2D eigenvalue weighted by atomic mass is 10.1. The summed E-state index contributed by atoms with van der Waals surface area (Å²) in [6, 6.07) is 13.4. The van der Waals surface area contributed by atoms with E-state index in [1.165, 1.54) is 12.1 Å². The summed E-state index contributed by atoms with van der Waals surface area (Å²) in [5.74, 6) is 0. The van der Waals surface area contributed by atoms with Gasteiger partial charge >= 0.3 is 0 Å². The monoisotopic (exact) mass is 289 g/mol. The van der Waals surface area contributed by atoms with E-state index in [1.54, 1.807) is 24.3 Å². The molecule has 0 atom stereocenters. The maximum absolute atomic E-state index is 10.5. The standard InChI is InChI=1S/C14H12ClN3O2/c1-10(11-2-4-12(15)5-3-11)16-17-13-6-8-14(9-7-13)18(19)20/h2-9,17H,1H3/b16-10+. The van der Waals surface area contributed by atoms with Crippen molar-refractivity contribution in [3.8, 4) is 0 Å². The van der Waals surface area contributed by atoms with Gasteiger partial charge in [-0.15, -0.1) is 0 Å². The van der Waals surface area contributed by atoms with Crippen molar-refractivity contribution in [1.82, 2.24) is 0 Å². The van der Waals surface area contributed by atoms with Crippen LogP contribution >= 0.6 is 11.6 Å². The number of hydrazone groups is 1. The first-order valence-corrected chi connectivity index (χ1v) is 6.25. The molecule has 0 aliphatic rings. The molecule has 0 aromatic heterocycles. The summed E-state index contributed by atoms with van der Waals surface area (Å²) in [6.45, 7) is 1.86. The van der Waals surface area contributed by atoms with Crippen molar-refractivity contribution in [2.24, 2.45) is 5.10 Å². The third kappa shape index (κ3) is 3.55. The van der Waals surface area contributed by atoms with Crippen LogP contribution in [-0.4, -0.2) is 10.6 Å². The number of hydrogen-bond donors (Lipinski definition) is 1. The SMILES string of the molecule is C/C(=N\Nc1ccc([N+](=O)[O-])cc1)c1ccc(Cl)cc1. The Balaban J connectivity index is 2.08. The van der Waals surface area contributed by atoms with Crippen LogP contribution in [0.1, 0.15) is 12.5 Å². The number of non-ortho nitro benzene ring substituents is 1. The van der Waals surface area contributed by atoms with E-state index in [4.69, 9.17) is 11.6 Å². The topological polar surface area (TPSA) is 67.5 Å². The summed E-state index contributed by atoms with van der Waals surface area (Å²) >= 11 is 5.82. The van der Waals surface area contributed by atoms with E-state index in [0.29, 0.717) is 10.7 Å². The van der Waals surface area contributed by atoms with E-state index >= 15 is 0 Å². The second-order valence-corrected chi connectivity index (χ2v) is 4.56. The maximum atomic E-state index is 10.5. The van der Waals surface area contributed by atoms with Crippen molar-refractivity contribution >= 4 is 28.7 Å². The van der Waals surface area contributed by atoms with E-state index in [9.17, 15) is 10.1 Å². The lowest BCUT2D eigenvalue weighted by Gasteiger charge is -2.03. The molecule has 0 heterocycles. The number of hydrogen-bond acceptors (Lipinski definition) is 4. The normalized spacial score (nSPS) is 11.2. The highest BCUT2D eigenvalue weighted by Gasteiger charge is 2.03. The number of nitro groups is 1. The van der Waals surface area contributed by atoms with Gasteiger partial charge in [-0.3, -0.25) is 15.5 Å². The molecule has 0 amide bonds. The van der Waals surface area contributed by atoms with Crippen LogP contribution in [0.5, 0.6) is 0 Å². The first-order valence-electron chi connectivity index (χ1n) is 5.87. The minimum Gasteiger partial charge on any atom is -0.278 e. The summed E-state index contributed by atoms with van der Waals surface area (Å²) in [6.07, 6.45) is 0. The van der Waals surface area contributed by atoms with Crippen molar-refractivity contribution < 1.29 is 4.92 Å². The van der Waals surface area contributed by atoms with Gasteiger partial charge in [0.1, 0.15) is 0 Å². The number of nitrogens with zero attached hydrogens (tertiary/aromatic N) is 2. The van der Waals surface area contributed by atoms with Crippen LogP contribution < -0.4 is 5.43 Å². The summed E-state index contributed by atoms with van der Waals surface area (Å²) in [4.78, 5) is 10.1. The summed E-state index contributed by atoms with van der Waals surface area (Å²) < 4.78 is 0. The Morgan fingerprint density at radius 1 is 1.15 bits per heavy atom. The molecule has 5 nitrogen and oxygen atoms in total. The smallest absolute Gasteiger partial charge is 0.269 e. The van der Waals surface area contributed by atoms with E-state index in [2.05, 4.69) is 10.5 Å². The molecule has 20 heavy (non-hydrogen) atoms. The lowest BCUT2D eigenvalue weighted by Crippen LogP contribution is -1.99. The van der Waals surface area contributed by atoms with Crippen molar-refractivity contribution in [3.05, 3.63) is 69.2 Å². The van der Waals surface area contributed by atoms with E-state index in [1.807, 2.05) is 19.1 Å². The highest BCUT2D eigenvalue weighted by atomic mass is 35.5. The molecule has 2 aromatic carbocycles. The minimum atomic E-state index is -0.438. The fourth-order valence-corrected chi connectivity index (χ4v) is 1.69. The van der Waals surface area contributed by atoms with Crippen molar-refractivity contribution in [2.45, 2.75) is 6.92 Å². The van der Waals surface area contributed by atoms with Crippen molar-refractivity contribution in [2.75, 3.05) is 5.43 Å². The zero-order valence-corrected chi connectivity index (χ0v) is 11.5. The van der Waals surface area contributed by atoms with Crippen molar-refractivity contribution in [3.63, 3.8) is 0 Å². The predicted octanol–water partition coefficient (Wildman–Crippen LogP) is 4.08. The van der Waals surface area contributed by atoms with E-state index < -0.39 is 4.92 Å². The Morgan fingerprint density at radius 2 is 1.75 bits per heavy atom. The first-order chi connectivity index (χ1) is 9.56. The molecule has 0 aliphatic heterocycles. The predicted molar refractivity (Wildman–Crippen MR) is 80.4 cm³/mol. The Hall–Kier alpha value is -2.40. The Labute approximate surface area is 121 Å². The zero-order chi connectivity index (χ0) is 14.5. The second kappa shape index (κ2) is 6.16. The van der Waals surface area contributed by atoms with Gasteiger partial charge in [0.2, 0.25) is 0 Å². The molecular formula is C14H12ClN3O2. The lowest BCUT2D eigenvalue weighted by molar-refractivity contribution is -0.384. The van der Waals surface area contributed by atoms with Gasteiger partial charge in [-0.25, -0.2) is 0 Å². The summed E-state index contributed by atoms with van der Waals surface area (Å²) in [5.41, 5.74) is 5.33. The van der Waals surface area contributed by atoms with Crippen LogP contribution in [0.25, 0.3) is 0 Å². The van der Waals surface area contributed by atoms with Crippen LogP contribution in [0, 0.1) is 10.1 Å². The Morgan fingerprint density at radius 3 is 2.30 bits per heavy atom. The fraction of sp³-hybridized carbons (Fsp3) is 0.0714. The molecule has 0 aliphatic carbocycles. The fourth-order valence-electron chi connectivity index (χ4n) is 1.56. The first kappa shape index (κ1) is 14.0. The molecule has 0 saturated carbocycles. The number of benzene rings is 2. The van der Waals surface area contributed by atoms with Crippen molar-refractivity contribution in [1.29, 1.82) is 0 Å². The number of halogens is 1. The third-order valence-electron chi connectivity index (χ3n) is 2.69. The van der Waals surface area contributed by atoms with Gasteiger partial charge in [0.05, 0.1) is 16.3 Å². The quantitative estimate of drug-likeness (QED) is 0.524. The molecule has 0 fully saturated rings. The number of nitrogens with one attached hydrogen (secondary N) is 1. The molecule has 1 N–H and O–H groups in total. The number of rotatable bonds is 4.